The Bertz CT molecular complexity index is 335. The maximum Gasteiger partial charge on any atom is 0.184 e. The number of aliphatic imine (C=N–C) groups is 1. The number of Topliss-reactive ketones (excluding diaryl/α,β-unsaturated/α-hetero) is 1. The quantitative estimate of drug-likeness (QED) is 0.431. The van der Waals surface area contributed by atoms with Gasteiger partial charge in [0, 0.05) is 12.8 Å². The average molecular weight is 239 g/mol. The number of methoxy groups -OCH3 is 1. The first kappa shape index (κ1) is 13.9. The van der Waals surface area contributed by atoms with Crippen LogP contribution in [0.5, 0.6) is 0 Å². The molecule has 1 rings (SSSR count). The Hall–Kier alpha value is -1.16. The lowest BCUT2D eigenvalue weighted by atomic mass is 9.98. The Balaban J connectivity index is 3.04. The minimum absolute atomic E-state index is 0.0475. The lowest BCUT2D eigenvalue weighted by molar-refractivity contribution is -0.118. The lowest BCUT2D eigenvalue weighted by Gasteiger charge is -2.18. The molecule has 0 atom stereocenters. The van der Waals surface area contributed by atoms with Gasteiger partial charge in [0.1, 0.15) is 5.70 Å². The summed E-state index contributed by atoms with van der Waals surface area (Å²) < 4.78 is 10.3. The molecule has 4 nitrogen and oxygen atoms in total. The Morgan fingerprint density at radius 3 is 2.41 bits per heavy atom. The van der Waals surface area contributed by atoms with Crippen molar-refractivity contribution in [1.82, 2.24) is 0 Å². The zero-order chi connectivity index (χ0) is 12.8. The molecule has 1 heterocycles. The first-order valence-corrected chi connectivity index (χ1v) is 5.99. The van der Waals surface area contributed by atoms with E-state index in [0.717, 1.165) is 18.4 Å². The van der Waals surface area contributed by atoms with Crippen molar-refractivity contribution in [3.63, 3.8) is 0 Å². The molecule has 17 heavy (non-hydrogen) atoms. The van der Waals surface area contributed by atoms with Crippen LogP contribution in [0, 0.1) is 5.92 Å². The maximum absolute atomic E-state index is 12.1. The maximum atomic E-state index is 12.1. The molecule has 0 spiro atoms. The number of ketones is 1. The predicted octanol–water partition coefficient (Wildman–Crippen LogP) is 2.34. The highest BCUT2D eigenvalue weighted by molar-refractivity contribution is 5.99. The van der Waals surface area contributed by atoms with Gasteiger partial charge in [-0.3, -0.25) is 4.79 Å². The summed E-state index contributed by atoms with van der Waals surface area (Å²) in [6.45, 7) is 6.88. The van der Waals surface area contributed by atoms with Crippen molar-refractivity contribution in [2.45, 2.75) is 33.6 Å². The van der Waals surface area contributed by atoms with Crippen LogP contribution in [0.4, 0.5) is 0 Å². The second-order valence-electron chi connectivity index (χ2n) is 4.42. The Labute approximate surface area is 103 Å². The van der Waals surface area contributed by atoms with Crippen LogP contribution in [0.1, 0.15) is 33.6 Å². The zero-order valence-corrected chi connectivity index (χ0v) is 11.1. The molecule has 1 fully saturated rings. The molecule has 0 aromatic carbocycles. The molecule has 0 amide bonds. The fourth-order valence-electron chi connectivity index (χ4n) is 1.64. The van der Waals surface area contributed by atoms with E-state index in [2.05, 4.69) is 4.99 Å². The molecule has 0 bridgehead atoms. The zero-order valence-electron chi connectivity index (χ0n) is 11.1. The number of allylic oxidation sites excluding steroid dienone is 1. The molecule has 0 saturated carbocycles. The van der Waals surface area contributed by atoms with Gasteiger partial charge in [0.2, 0.25) is 0 Å². The van der Waals surface area contributed by atoms with E-state index in [1.165, 1.54) is 0 Å². The predicted molar refractivity (Wildman–Crippen MR) is 67.0 cm³/mol. The van der Waals surface area contributed by atoms with E-state index in [9.17, 15) is 4.79 Å². The third kappa shape index (κ3) is 3.97. The van der Waals surface area contributed by atoms with Crippen molar-refractivity contribution in [1.29, 1.82) is 0 Å². The summed E-state index contributed by atoms with van der Waals surface area (Å²) in [6.07, 6.45) is 1.57. The van der Waals surface area contributed by atoms with E-state index in [1.807, 2.05) is 13.8 Å². The third-order valence-corrected chi connectivity index (χ3v) is 2.75. The molecule has 1 aliphatic heterocycles. The van der Waals surface area contributed by atoms with E-state index in [0.29, 0.717) is 24.8 Å². The van der Waals surface area contributed by atoms with Crippen molar-refractivity contribution in [2.24, 2.45) is 10.9 Å². The standard InChI is InChI=1S/C13H21NO3/c1-9(2)13(15)12(14-10(3)16-4)11-5-7-17-8-6-11/h9H,5-8H2,1-4H3. The van der Waals surface area contributed by atoms with Gasteiger partial charge in [-0.05, 0) is 18.4 Å². The fourth-order valence-corrected chi connectivity index (χ4v) is 1.64. The summed E-state index contributed by atoms with van der Waals surface area (Å²) in [5.41, 5.74) is 1.66. The van der Waals surface area contributed by atoms with Gasteiger partial charge in [0.05, 0.1) is 20.3 Å². The van der Waals surface area contributed by atoms with E-state index in [-0.39, 0.29) is 11.7 Å². The largest absolute Gasteiger partial charge is 0.484 e. The Morgan fingerprint density at radius 1 is 1.35 bits per heavy atom. The van der Waals surface area contributed by atoms with Gasteiger partial charge < -0.3 is 9.47 Å². The molecular weight excluding hydrogens is 218 g/mol. The molecule has 1 saturated heterocycles. The second kappa shape index (κ2) is 6.55. The summed E-state index contributed by atoms with van der Waals surface area (Å²) in [6, 6.07) is 0. The lowest BCUT2D eigenvalue weighted by Crippen LogP contribution is -2.17. The van der Waals surface area contributed by atoms with E-state index in [1.54, 1.807) is 14.0 Å². The van der Waals surface area contributed by atoms with Crippen molar-refractivity contribution in [2.75, 3.05) is 20.3 Å². The van der Waals surface area contributed by atoms with Crippen molar-refractivity contribution >= 4 is 11.7 Å². The Kier molecular flexibility index (Phi) is 5.35. The number of nitrogens with zero attached hydrogens (tertiary/aromatic N) is 1. The number of hydrogen-bond acceptors (Lipinski definition) is 4. The number of carbonyl (C=O) groups excluding carboxylic acids is 1. The molecule has 4 heteroatoms. The summed E-state index contributed by atoms with van der Waals surface area (Å²) in [5.74, 6) is 0.556. The molecule has 96 valence electrons. The van der Waals surface area contributed by atoms with Crippen LogP contribution in [0.2, 0.25) is 0 Å². The molecule has 0 N–H and O–H groups in total. The van der Waals surface area contributed by atoms with Crippen LogP contribution in [0.15, 0.2) is 16.3 Å². The van der Waals surface area contributed by atoms with Crippen molar-refractivity contribution < 1.29 is 14.3 Å². The molecule has 0 unspecified atom stereocenters. The van der Waals surface area contributed by atoms with E-state index < -0.39 is 0 Å². The van der Waals surface area contributed by atoms with Crippen LogP contribution in [-0.4, -0.2) is 32.0 Å². The van der Waals surface area contributed by atoms with Crippen LogP contribution < -0.4 is 0 Å². The summed E-state index contributed by atoms with van der Waals surface area (Å²) in [4.78, 5) is 16.4. The van der Waals surface area contributed by atoms with Gasteiger partial charge in [-0.15, -0.1) is 0 Å². The summed E-state index contributed by atoms with van der Waals surface area (Å²) >= 11 is 0. The highest BCUT2D eigenvalue weighted by atomic mass is 16.5. The van der Waals surface area contributed by atoms with Gasteiger partial charge in [-0.2, -0.15) is 0 Å². The number of hydrogen-bond donors (Lipinski definition) is 0. The normalized spacial score (nSPS) is 17.2. The third-order valence-electron chi connectivity index (χ3n) is 2.75. The van der Waals surface area contributed by atoms with Crippen molar-refractivity contribution in [3.05, 3.63) is 11.3 Å². The second-order valence-corrected chi connectivity index (χ2v) is 4.42. The van der Waals surface area contributed by atoms with Gasteiger partial charge in [0.25, 0.3) is 0 Å². The van der Waals surface area contributed by atoms with Crippen LogP contribution in [-0.2, 0) is 14.3 Å². The van der Waals surface area contributed by atoms with Gasteiger partial charge in [-0.25, -0.2) is 4.99 Å². The highest BCUT2D eigenvalue weighted by Gasteiger charge is 2.20. The fraction of sp³-hybridized carbons (Fsp3) is 0.692. The molecule has 1 aliphatic rings. The SMILES string of the molecule is COC(C)=NC(C(=O)C(C)C)=C1CCOCC1. The topological polar surface area (TPSA) is 47.9 Å². The van der Waals surface area contributed by atoms with Crippen LogP contribution >= 0.6 is 0 Å². The van der Waals surface area contributed by atoms with E-state index >= 15 is 0 Å². The monoisotopic (exact) mass is 239 g/mol. The average Bonchev–Trinajstić information content (AvgIpc) is 2.35. The van der Waals surface area contributed by atoms with Gasteiger partial charge in [-0.1, -0.05) is 13.8 Å². The van der Waals surface area contributed by atoms with Crippen LogP contribution in [0.25, 0.3) is 0 Å². The highest BCUT2D eigenvalue weighted by Crippen LogP contribution is 2.22. The Morgan fingerprint density at radius 2 is 1.94 bits per heavy atom. The summed E-state index contributed by atoms with van der Waals surface area (Å²) in [5, 5.41) is 0. The first-order chi connectivity index (χ1) is 8.06. The summed E-state index contributed by atoms with van der Waals surface area (Å²) in [7, 11) is 1.56. The minimum atomic E-state index is -0.0475. The number of carbonyl (C=O) groups is 1. The molecule has 0 aliphatic carbocycles. The smallest absolute Gasteiger partial charge is 0.184 e. The number of ether oxygens (including phenoxy) is 2. The molecule has 0 radical (unpaired) electrons. The van der Waals surface area contributed by atoms with Gasteiger partial charge in [0.15, 0.2) is 11.7 Å². The molecular formula is C13H21NO3. The van der Waals surface area contributed by atoms with Gasteiger partial charge >= 0.3 is 0 Å². The van der Waals surface area contributed by atoms with E-state index in [4.69, 9.17) is 9.47 Å². The first-order valence-electron chi connectivity index (χ1n) is 5.99. The molecule has 0 aromatic rings. The van der Waals surface area contributed by atoms with Crippen LogP contribution in [0.3, 0.4) is 0 Å². The number of rotatable bonds is 3. The minimum Gasteiger partial charge on any atom is -0.484 e. The van der Waals surface area contributed by atoms with Crippen molar-refractivity contribution in [3.8, 4) is 0 Å². The molecule has 0 aromatic heterocycles.